The van der Waals surface area contributed by atoms with Gasteiger partial charge in [0.25, 0.3) is 0 Å². The zero-order valence-corrected chi connectivity index (χ0v) is 11.7. The van der Waals surface area contributed by atoms with Crippen molar-refractivity contribution in [3.8, 4) is 10.4 Å². The van der Waals surface area contributed by atoms with E-state index in [-0.39, 0.29) is 0 Å². The Labute approximate surface area is 118 Å². The van der Waals surface area contributed by atoms with Crippen molar-refractivity contribution in [3.05, 3.63) is 46.8 Å². The average molecular weight is 299 g/mol. The fourth-order valence-electron chi connectivity index (χ4n) is 1.69. The van der Waals surface area contributed by atoms with Gasteiger partial charge in [0, 0.05) is 4.88 Å². The van der Waals surface area contributed by atoms with Crippen LogP contribution in [0, 0.1) is 0 Å². The number of rotatable bonds is 3. The summed E-state index contributed by atoms with van der Waals surface area (Å²) in [4.78, 5) is 6.50. The third-order valence-corrected chi connectivity index (χ3v) is 3.93. The molecule has 0 aliphatic carbocycles. The van der Waals surface area contributed by atoms with Crippen LogP contribution in [0.3, 0.4) is 0 Å². The second-order valence-electron chi connectivity index (χ2n) is 4.10. The molecule has 1 heterocycles. The number of hydrogen-bond acceptors (Lipinski definition) is 3. The van der Waals surface area contributed by atoms with Crippen LogP contribution in [0.4, 0.5) is 13.2 Å². The average Bonchev–Trinajstić information content (AvgIpc) is 2.88. The standard InChI is InChI=1S/C14H12F3NOS/c1-9(18-19-2)12-7-8-13(20-12)10-3-5-11(6-4-10)14(15,16)17/h3-8H,1-2H3/b18-9+. The molecule has 0 saturated heterocycles. The van der Waals surface area contributed by atoms with E-state index in [0.717, 1.165) is 33.2 Å². The van der Waals surface area contributed by atoms with E-state index in [4.69, 9.17) is 4.84 Å². The number of hydrogen-bond donors (Lipinski definition) is 0. The van der Waals surface area contributed by atoms with Crippen molar-refractivity contribution in [1.82, 2.24) is 0 Å². The van der Waals surface area contributed by atoms with Crippen molar-refractivity contribution < 1.29 is 18.0 Å². The molecular formula is C14H12F3NOS. The first kappa shape index (κ1) is 14.6. The van der Waals surface area contributed by atoms with E-state index in [0.29, 0.717) is 0 Å². The third kappa shape index (κ3) is 3.19. The fraction of sp³-hybridized carbons (Fsp3) is 0.214. The van der Waals surface area contributed by atoms with Crippen molar-refractivity contribution in [1.29, 1.82) is 0 Å². The molecule has 0 bridgehead atoms. The Hall–Kier alpha value is -1.82. The molecule has 1 aromatic heterocycles. The van der Waals surface area contributed by atoms with Crippen LogP contribution < -0.4 is 0 Å². The molecule has 0 aliphatic rings. The molecule has 0 unspecified atom stereocenters. The first-order chi connectivity index (χ1) is 9.41. The summed E-state index contributed by atoms with van der Waals surface area (Å²) in [5.74, 6) is 0. The maximum absolute atomic E-state index is 12.5. The van der Waals surface area contributed by atoms with Crippen molar-refractivity contribution in [3.63, 3.8) is 0 Å². The molecule has 0 saturated carbocycles. The van der Waals surface area contributed by atoms with Gasteiger partial charge in [-0.15, -0.1) is 11.3 Å². The molecule has 0 amide bonds. The summed E-state index contributed by atoms with van der Waals surface area (Å²) in [5.41, 5.74) is 0.838. The van der Waals surface area contributed by atoms with Crippen LogP contribution in [0.2, 0.25) is 0 Å². The lowest BCUT2D eigenvalue weighted by Crippen LogP contribution is -2.03. The van der Waals surface area contributed by atoms with E-state index in [1.165, 1.54) is 30.6 Å². The number of halogens is 3. The highest BCUT2D eigenvalue weighted by atomic mass is 32.1. The molecule has 0 N–H and O–H groups in total. The molecule has 2 nitrogen and oxygen atoms in total. The van der Waals surface area contributed by atoms with Gasteiger partial charge in [-0.3, -0.25) is 0 Å². The third-order valence-electron chi connectivity index (χ3n) is 2.69. The van der Waals surface area contributed by atoms with Gasteiger partial charge in [0.15, 0.2) is 0 Å². The molecule has 6 heteroatoms. The van der Waals surface area contributed by atoms with Crippen LogP contribution in [0.5, 0.6) is 0 Å². The normalized spacial score (nSPS) is 12.6. The molecule has 0 spiro atoms. The lowest BCUT2D eigenvalue weighted by Gasteiger charge is -2.06. The Morgan fingerprint density at radius 2 is 1.75 bits per heavy atom. The lowest BCUT2D eigenvalue weighted by atomic mass is 10.1. The van der Waals surface area contributed by atoms with Crippen LogP contribution in [0.25, 0.3) is 10.4 Å². The lowest BCUT2D eigenvalue weighted by molar-refractivity contribution is -0.137. The minimum Gasteiger partial charge on any atom is -0.399 e. The van der Waals surface area contributed by atoms with Crippen molar-refractivity contribution in [2.75, 3.05) is 7.11 Å². The summed E-state index contributed by atoms with van der Waals surface area (Å²) >= 11 is 1.46. The predicted octanol–water partition coefficient (Wildman–Crippen LogP) is 4.80. The van der Waals surface area contributed by atoms with Crippen LogP contribution in [0.15, 0.2) is 41.6 Å². The molecule has 1 aromatic carbocycles. The van der Waals surface area contributed by atoms with E-state index in [1.54, 1.807) is 0 Å². The van der Waals surface area contributed by atoms with E-state index < -0.39 is 11.7 Å². The summed E-state index contributed by atoms with van der Waals surface area (Å²) in [6, 6.07) is 8.85. The Morgan fingerprint density at radius 1 is 1.10 bits per heavy atom. The highest BCUT2D eigenvalue weighted by molar-refractivity contribution is 7.17. The molecule has 0 aliphatic heterocycles. The van der Waals surface area contributed by atoms with Crippen LogP contribution in [0.1, 0.15) is 17.4 Å². The SMILES string of the molecule is CO/N=C(\C)c1ccc(-c2ccc(C(F)(F)F)cc2)s1. The maximum atomic E-state index is 12.5. The van der Waals surface area contributed by atoms with Crippen molar-refractivity contribution >= 4 is 17.0 Å². The molecule has 2 aromatic rings. The minimum atomic E-state index is -4.30. The van der Waals surface area contributed by atoms with E-state index in [9.17, 15) is 13.2 Å². The largest absolute Gasteiger partial charge is 0.416 e. The fourth-order valence-corrected chi connectivity index (χ4v) is 2.64. The van der Waals surface area contributed by atoms with E-state index >= 15 is 0 Å². The van der Waals surface area contributed by atoms with Crippen molar-refractivity contribution in [2.24, 2.45) is 5.16 Å². The molecule has 106 valence electrons. The van der Waals surface area contributed by atoms with Crippen LogP contribution in [-0.4, -0.2) is 12.8 Å². The monoisotopic (exact) mass is 299 g/mol. The van der Waals surface area contributed by atoms with Crippen LogP contribution in [-0.2, 0) is 11.0 Å². The number of alkyl halides is 3. The van der Waals surface area contributed by atoms with E-state index in [1.807, 2.05) is 19.1 Å². The summed E-state index contributed by atoms with van der Waals surface area (Å²) in [7, 11) is 1.47. The van der Waals surface area contributed by atoms with Gasteiger partial charge >= 0.3 is 6.18 Å². The number of thiophene rings is 1. The highest BCUT2D eigenvalue weighted by Gasteiger charge is 2.29. The van der Waals surface area contributed by atoms with Gasteiger partial charge in [-0.2, -0.15) is 13.2 Å². The molecule has 20 heavy (non-hydrogen) atoms. The van der Waals surface area contributed by atoms with Gasteiger partial charge in [-0.25, -0.2) is 0 Å². The number of benzene rings is 1. The maximum Gasteiger partial charge on any atom is 0.416 e. The zero-order valence-electron chi connectivity index (χ0n) is 10.9. The molecule has 0 radical (unpaired) electrons. The Balaban J connectivity index is 2.27. The van der Waals surface area contributed by atoms with E-state index in [2.05, 4.69) is 5.16 Å². The first-order valence-electron chi connectivity index (χ1n) is 5.77. The first-order valence-corrected chi connectivity index (χ1v) is 6.59. The minimum absolute atomic E-state index is 0.643. The van der Waals surface area contributed by atoms with Crippen LogP contribution >= 0.6 is 11.3 Å². The Morgan fingerprint density at radius 3 is 2.30 bits per heavy atom. The smallest absolute Gasteiger partial charge is 0.399 e. The Bertz CT molecular complexity index is 614. The van der Waals surface area contributed by atoms with Gasteiger partial charge in [0.1, 0.15) is 7.11 Å². The van der Waals surface area contributed by atoms with Gasteiger partial charge in [0.05, 0.1) is 16.2 Å². The predicted molar refractivity (Wildman–Crippen MR) is 74.0 cm³/mol. The molecule has 0 fully saturated rings. The number of nitrogens with zero attached hydrogens (tertiary/aromatic N) is 1. The number of oxime groups is 1. The summed E-state index contributed by atoms with van der Waals surface area (Å²) in [6.07, 6.45) is -4.30. The summed E-state index contributed by atoms with van der Waals surface area (Å²) in [5, 5.41) is 3.83. The highest BCUT2D eigenvalue weighted by Crippen LogP contribution is 2.33. The molecular weight excluding hydrogens is 287 g/mol. The second kappa shape index (κ2) is 5.66. The summed E-state index contributed by atoms with van der Waals surface area (Å²) < 4.78 is 37.5. The van der Waals surface area contributed by atoms with Gasteiger partial charge in [-0.05, 0) is 36.8 Å². The second-order valence-corrected chi connectivity index (χ2v) is 5.18. The van der Waals surface area contributed by atoms with Gasteiger partial charge in [-0.1, -0.05) is 17.3 Å². The molecule has 2 rings (SSSR count). The zero-order chi connectivity index (χ0) is 14.8. The Kier molecular flexibility index (Phi) is 4.13. The summed E-state index contributed by atoms with van der Waals surface area (Å²) in [6.45, 7) is 1.81. The van der Waals surface area contributed by atoms with Gasteiger partial charge < -0.3 is 4.84 Å². The van der Waals surface area contributed by atoms with Gasteiger partial charge in [0.2, 0.25) is 0 Å². The topological polar surface area (TPSA) is 21.6 Å². The quantitative estimate of drug-likeness (QED) is 0.589. The van der Waals surface area contributed by atoms with Crippen molar-refractivity contribution in [2.45, 2.75) is 13.1 Å². The molecule has 0 atom stereocenters.